The van der Waals surface area contributed by atoms with Crippen molar-refractivity contribution in [2.24, 2.45) is 0 Å². The second kappa shape index (κ2) is 9.04. The van der Waals surface area contributed by atoms with Gasteiger partial charge in [0, 0.05) is 11.7 Å². The Morgan fingerprint density at radius 3 is 2.23 bits per heavy atom. The minimum absolute atomic E-state index is 0.0379. The van der Waals surface area contributed by atoms with Crippen molar-refractivity contribution < 1.29 is 19.2 Å². The van der Waals surface area contributed by atoms with E-state index in [-0.39, 0.29) is 24.4 Å². The molecule has 1 atom stereocenters. The summed E-state index contributed by atoms with van der Waals surface area (Å²) in [5.41, 5.74) is 0.716. The fraction of sp³-hybridized carbons (Fsp3) is 0.500. The SMILES string of the molecule is CC[NH+](CC(=O)Nc1ccc(OC)cc1)CC(=O)NC(C)C. The topological polar surface area (TPSA) is 71.9 Å². The molecule has 122 valence electrons. The molecule has 0 heterocycles. The van der Waals surface area contributed by atoms with E-state index in [0.717, 1.165) is 10.6 Å². The zero-order valence-electron chi connectivity index (χ0n) is 13.7. The van der Waals surface area contributed by atoms with E-state index in [9.17, 15) is 9.59 Å². The average molecular weight is 308 g/mol. The molecular formula is C16H26N3O3+. The first-order valence-corrected chi connectivity index (χ1v) is 7.51. The van der Waals surface area contributed by atoms with Crippen LogP contribution in [0, 0.1) is 0 Å². The Kier molecular flexibility index (Phi) is 7.39. The van der Waals surface area contributed by atoms with Gasteiger partial charge in [-0.1, -0.05) is 0 Å². The summed E-state index contributed by atoms with van der Waals surface area (Å²) < 4.78 is 5.07. The van der Waals surface area contributed by atoms with Crippen LogP contribution in [0.1, 0.15) is 20.8 Å². The van der Waals surface area contributed by atoms with Gasteiger partial charge in [0.2, 0.25) is 0 Å². The largest absolute Gasteiger partial charge is 0.497 e. The molecule has 6 nitrogen and oxygen atoms in total. The summed E-state index contributed by atoms with van der Waals surface area (Å²) in [5, 5.41) is 5.66. The lowest BCUT2D eigenvalue weighted by atomic mass is 10.3. The second-order valence-electron chi connectivity index (χ2n) is 5.46. The second-order valence-corrected chi connectivity index (χ2v) is 5.46. The number of hydrogen-bond acceptors (Lipinski definition) is 3. The van der Waals surface area contributed by atoms with Crippen LogP contribution in [0.2, 0.25) is 0 Å². The lowest BCUT2D eigenvalue weighted by Gasteiger charge is -2.17. The standard InChI is InChI=1S/C16H25N3O3/c1-5-19(10-15(20)17-12(2)3)11-16(21)18-13-6-8-14(22-4)9-7-13/h6-9,12H,5,10-11H2,1-4H3,(H,17,20)(H,18,21)/p+1. The summed E-state index contributed by atoms with van der Waals surface area (Å²) in [6.45, 7) is 7.05. The van der Waals surface area contributed by atoms with Crippen molar-refractivity contribution in [3.05, 3.63) is 24.3 Å². The first kappa shape index (κ1) is 18.0. The maximum absolute atomic E-state index is 12.0. The van der Waals surface area contributed by atoms with E-state index in [1.807, 2.05) is 20.8 Å². The highest BCUT2D eigenvalue weighted by atomic mass is 16.5. The van der Waals surface area contributed by atoms with Gasteiger partial charge in [0.25, 0.3) is 11.8 Å². The average Bonchev–Trinajstić information content (AvgIpc) is 2.46. The highest BCUT2D eigenvalue weighted by Crippen LogP contribution is 2.14. The Bertz CT molecular complexity index is 486. The molecule has 1 aromatic rings. The maximum Gasteiger partial charge on any atom is 0.279 e. The number of amides is 2. The molecule has 0 aliphatic heterocycles. The Morgan fingerprint density at radius 2 is 1.73 bits per heavy atom. The van der Waals surface area contributed by atoms with Crippen LogP contribution in [0.5, 0.6) is 5.75 Å². The monoisotopic (exact) mass is 308 g/mol. The van der Waals surface area contributed by atoms with Gasteiger partial charge in [-0.25, -0.2) is 0 Å². The molecular weight excluding hydrogens is 282 g/mol. The van der Waals surface area contributed by atoms with Crippen LogP contribution in [-0.4, -0.2) is 44.6 Å². The van der Waals surface area contributed by atoms with Gasteiger partial charge in [0.1, 0.15) is 5.75 Å². The first-order chi connectivity index (χ1) is 10.4. The van der Waals surface area contributed by atoms with Crippen LogP contribution in [0.4, 0.5) is 5.69 Å². The van der Waals surface area contributed by atoms with Gasteiger partial charge in [0.05, 0.1) is 13.7 Å². The minimum Gasteiger partial charge on any atom is -0.497 e. The highest BCUT2D eigenvalue weighted by Gasteiger charge is 2.17. The zero-order valence-corrected chi connectivity index (χ0v) is 13.7. The number of quaternary nitrogens is 1. The summed E-state index contributed by atoms with van der Waals surface area (Å²) in [6.07, 6.45) is 0. The maximum atomic E-state index is 12.0. The third kappa shape index (κ3) is 6.58. The predicted molar refractivity (Wildman–Crippen MR) is 86.1 cm³/mol. The number of rotatable bonds is 8. The Morgan fingerprint density at radius 1 is 1.14 bits per heavy atom. The molecule has 0 saturated carbocycles. The fourth-order valence-corrected chi connectivity index (χ4v) is 2.02. The van der Waals surface area contributed by atoms with Crippen LogP contribution >= 0.6 is 0 Å². The van der Waals surface area contributed by atoms with E-state index >= 15 is 0 Å². The van der Waals surface area contributed by atoms with Crippen LogP contribution in [0.25, 0.3) is 0 Å². The van der Waals surface area contributed by atoms with Gasteiger partial charge in [-0.05, 0) is 45.0 Å². The van der Waals surface area contributed by atoms with Crippen LogP contribution in [0.3, 0.4) is 0 Å². The third-order valence-corrected chi connectivity index (χ3v) is 3.14. The molecule has 0 bridgehead atoms. The summed E-state index contributed by atoms with van der Waals surface area (Å²) >= 11 is 0. The van der Waals surface area contributed by atoms with Crippen molar-refractivity contribution in [2.45, 2.75) is 26.8 Å². The molecule has 3 N–H and O–H groups in total. The Balaban J connectivity index is 2.48. The number of benzene rings is 1. The van der Waals surface area contributed by atoms with Crippen molar-refractivity contribution in [3.8, 4) is 5.75 Å². The lowest BCUT2D eigenvalue weighted by molar-refractivity contribution is -0.881. The zero-order chi connectivity index (χ0) is 16.5. The smallest absolute Gasteiger partial charge is 0.279 e. The number of likely N-dealkylation sites (N-methyl/N-ethyl adjacent to an activating group) is 1. The van der Waals surface area contributed by atoms with Crippen LogP contribution in [0.15, 0.2) is 24.3 Å². The predicted octanol–water partition coefficient (Wildman–Crippen LogP) is 0.0631. The quantitative estimate of drug-likeness (QED) is 0.636. The van der Waals surface area contributed by atoms with Crippen LogP contribution < -0.4 is 20.3 Å². The van der Waals surface area contributed by atoms with Gasteiger partial charge in [0.15, 0.2) is 13.1 Å². The number of anilines is 1. The van der Waals surface area contributed by atoms with Gasteiger partial charge in [-0.2, -0.15) is 0 Å². The van der Waals surface area contributed by atoms with E-state index in [0.29, 0.717) is 18.8 Å². The van der Waals surface area contributed by atoms with Crippen molar-refractivity contribution >= 4 is 17.5 Å². The van der Waals surface area contributed by atoms with Crippen molar-refractivity contribution in [1.29, 1.82) is 0 Å². The highest BCUT2D eigenvalue weighted by molar-refractivity contribution is 5.91. The molecule has 0 saturated heterocycles. The molecule has 6 heteroatoms. The molecule has 0 aliphatic carbocycles. The van der Waals surface area contributed by atoms with Crippen molar-refractivity contribution in [3.63, 3.8) is 0 Å². The number of hydrogen-bond donors (Lipinski definition) is 3. The molecule has 0 radical (unpaired) electrons. The number of methoxy groups -OCH3 is 1. The molecule has 1 rings (SSSR count). The molecule has 1 aromatic carbocycles. The normalized spacial score (nSPS) is 11.9. The molecule has 2 amide bonds. The summed E-state index contributed by atoms with van der Waals surface area (Å²) in [7, 11) is 1.60. The van der Waals surface area contributed by atoms with E-state index in [1.54, 1.807) is 31.4 Å². The number of ether oxygens (including phenoxy) is 1. The summed E-state index contributed by atoms with van der Waals surface area (Å²) in [4.78, 5) is 24.7. The minimum atomic E-state index is -0.112. The molecule has 0 spiro atoms. The van der Waals surface area contributed by atoms with Gasteiger partial charge >= 0.3 is 0 Å². The molecule has 0 aromatic heterocycles. The summed E-state index contributed by atoms with van der Waals surface area (Å²) in [6, 6.07) is 7.26. The Hall–Kier alpha value is -2.08. The van der Waals surface area contributed by atoms with E-state index in [1.165, 1.54) is 0 Å². The summed E-state index contributed by atoms with van der Waals surface area (Å²) in [5.74, 6) is 0.590. The van der Waals surface area contributed by atoms with Gasteiger partial charge in [-0.3, -0.25) is 9.59 Å². The van der Waals surface area contributed by atoms with E-state index in [2.05, 4.69) is 10.6 Å². The van der Waals surface area contributed by atoms with E-state index in [4.69, 9.17) is 4.74 Å². The van der Waals surface area contributed by atoms with Crippen molar-refractivity contribution in [2.75, 3.05) is 32.1 Å². The lowest BCUT2D eigenvalue weighted by Crippen LogP contribution is -3.14. The molecule has 22 heavy (non-hydrogen) atoms. The van der Waals surface area contributed by atoms with Gasteiger partial charge in [-0.15, -0.1) is 0 Å². The van der Waals surface area contributed by atoms with E-state index < -0.39 is 0 Å². The van der Waals surface area contributed by atoms with Crippen LogP contribution in [-0.2, 0) is 9.59 Å². The molecule has 1 unspecified atom stereocenters. The van der Waals surface area contributed by atoms with Crippen molar-refractivity contribution in [1.82, 2.24) is 5.32 Å². The third-order valence-electron chi connectivity index (χ3n) is 3.14. The number of carbonyl (C=O) groups excluding carboxylic acids is 2. The fourth-order valence-electron chi connectivity index (χ4n) is 2.02. The van der Waals surface area contributed by atoms with Gasteiger partial charge < -0.3 is 20.3 Å². The first-order valence-electron chi connectivity index (χ1n) is 7.51. The number of carbonyl (C=O) groups is 2. The number of nitrogens with one attached hydrogen (secondary N) is 3. The molecule has 0 fully saturated rings. The molecule has 0 aliphatic rings. The Labute approximate surface area is 131 Å².